The van der Waals surface area contributed by atoms with Gasteiger partial charge in [0, 0.05) is 59.9 Å². The molecule has 0 heterocycles. The van der Waals surface area contributed by atoms with Gasteiger partial charge in [-0.25, -0.2) is 0 Å². The Kier molecular flexibility index (Phi) is 26.4. The standard InChI is InChI=1S/C17H18O.C16H13NO.C16H16O2.2C16H16O/c1-3-14-7-9-16(10-8-14)17(18)12-15-6-4-5-13(2)11-15;1-12-3-2-4-14(9-12)10-16(18)15-7-5-13(11-17)6-8-15;1-12-4-3-5-13(10-12)11-16(17)14-6-8-15(18-2)9-7-14;1-12-3-7-14(8-4-12)11-16(17)15-9-5-13(2)6-10-15;1-12-6-8-15(9-7-12)16(17)11-14-5-3-4-13(2)10-14/h4-11H,3,12H2,1-2H3;2-9H,10H2,1H3;3-10H,11H2,1-2H3;2*3-10H,11H2,1-2H3. The second kappa shape index (κ2) is 34.7. The Balaban J connectivity index is 0.000000176. The first kappa shape index (κ1) is 67.0. The summed E-state index contributed by atoms with van der Waals surface area (Å²) >= 11 is 0. The van der Waals surface area contributed by atoms with E-state index in [2.05, 4.69) is 19.1 Å². The molecule has 0 spiro atoms. The van der Waals surface area contributed by atoms with Crippen molar-refractivity contribution in [3.8, 4) is 11.8 Å². The number of nitrogens with zero attached hydrogens (tertiary/aromatic N) is 1. The lowest BCUT2D eigenvalue weighted by atomic mass is 10.0. The zero-order valence-corrected chi connectivity index (χ0v) is 52.2. The van der Waals surface area contributed by atoms with E-state index in [1.807, 2.05) is 249 Å². The van der Waals surface area contributed by atoms with Crippen molar-refractivity contribution in [3.63, 3.8) is 0 Å². The highest BCUT2D eigenvalue weighted by Crippen LogP contribution is 2.17. The van der Waals surface area contributed by atoms with Crippen LogP contribution in [0.4, 0.5) is 0 Å². The Labute approximate surface area is 521 Å². The number of nitriles is 1. The summed E-state index contributed by atoms with van der Waals surface area (Å²) in [5.41, 5.74) is 19.2. The first-order valence-electron chi connectivity index (χ1n) is 29.7. The predicted molar refractivity (Wildman–Crippen MR) is 358 cm³/mol. The average Bonchev–Trinajstić information content (AvgIpc) is 3.62. The topological polar surface area (TPSA) is 118 Å². The van der Waals surface area contributed by atoms with Crippen LogP contribution < -0.4 is 4.74 Å². The molecule has 7 nitrogen and oxygen atoms in total. The third-order valence-corrected chi connectivity index (χ3v) is 14.5. The summed E-state index contributed by atoms with van der Waals surface area (Å²) in [6.07, 6.45) is 3.27. The van der Waals surface area contributed by atoms with E-state index in [4.69, 9.17) is 10.00 Å². The summed E-state index contributed by atoms with van der Waals surface area (Å²) in [5, 5.41) is 8.70. The Morgan fingerprint density at radius 2 is 0.557 bits per heavy atom. The second-order valence-electron chi connectivity index (χ2n) is 22.1. The molecular weight excluding hydrogens is 1080 g/mol. The highest BCUT2D eigenvalue weighted by Gasteiger charge is 2.12. The third kappa shape index (κ3) is 23.0. The fourth-order valence-corrected chi connectivity index (χ4v) is 9.34. The molecule has 10 aromatic rings. The maximum atomic E-state index is 12.1. The summed E-state index contributed by atoms with van der Waals surface area (Å²) in [4.78, 5) is 60.3. The van der Waals surface area contributed by atoms with Gasteiger partial charge in [0.25, 0.3) is 0 Å². The van der Waals surface area contributed by atoms with Crippen LogP contribution in [0.25, 0.3) is 0 Å². The lowest BCUT2D eigenvalue weighted by Gasteiger charge is -2.04. The molecule has 0 N–H and O–H groups in total. The van der Waals surface area contributed by atoms with Gasteiger partial charge in [-0.05, 0) is 125 Å². The fourth-order valence-electron chi connectivity index (χ4n) is 9.34. The van der Waals surface area contributed by atoms with Gasteiger partial charge in [-0.3, -0.25) is 24.0 Å². The molecule has 0 amide bonds. The molecule has 0 aliphatic rings. The van der Waals surface area contributed by atoms with Crippen LogP contribution in [-0.4, -0.2) is 36.0 Å². The predicted octanol–water partition coefficient (Wildman–Crippen LogP) is 18.2. The highest BCUT2D eigenvalue weighted by molar-refractivity contribution is 6.00. The van der Waals surface area contributed by atoms with Gasteiger partial charge in [0.05, 0.1) is 18.7 Å². The molecule has 0 aliphatic carbocycles. The van der Waals surface area contributed by atoms with Crippen molar-refractivity contribution in [2.75, 3.05) is 7.11 Å². The number of methoxy groups -OCH3 is 1. The van der Waals surface area contributed by atoms with E-state index in [1.54, 1.807) is 43.5 Å². The Hall–Kier alpha value is -10.2. The maximum absolute atomic E-state index is 12.1. The maximum Gasteiger partial charge on any atom is 0.167 e. The van der Waals surface area contributed by atoms with E-state index >= 15 is 0 Å². The minimum absolute atomic E-state index is 0.0742. The second-order valence-corrected chi connectivity index (χ2v) is 22.1. The molecular formula is C81H79NO6. The molecule has 0 saturated heterocycles. The van der Waals surface area contributed by atoms with E-state index in [1.165, 1.54) is 38.9 Å². The average molecular weight is 1160 g/mol. The molecule has 0 radical (unpaired) electrons. The Morgan fingerprint density at radius 3 is 0.830 bits per heavy atom. The summed E-state index contributed by atoms with van der Waals surface area (Å²) in [6.45, 7) is 16.3. The van der Waals surface area contributed by atoms with Crippen molar-refractivity contribution in [2.45, 2.75) is 93.9 Å². The van der Waals surface area contributed by atoms with Crippen molar-refractivity contribution < 1.29 is 28.7 Å². The summed E-state index contributed by atoms with van der Waals surface area (Å²) in [7, 11) is 1.61. The van der Waals surface area contributed by atoms with Gasteiger partial charge in [-0.1, -0.05) is 252 Å². The largest absolute Gasteiger partial charge is 0.497 e. The van der Waals surface area contributed by atoms with Gasteiger partial charge in [0.15, 0.2) is 28.9 Å². The Bertz CT molecular complexity index is 3820. The molecule has 0 unspecified atom stereocenters. The van der Waals surface area contributed by atoms with Crippen molar-refractivity contribution in [1.82, 2.24) is 0 Å². The smallest absolute Gasteiger partial charge is 0.167 e. The number of aryl methyl sites for hydroxylation is 8. The SMILES string of the molecule is CCc1ccc(C(=O)Cc2cccc(C)c2)cc1.COc1ccc(C(=O)Cc2cccc(C)c2)cc1.Cc1ccc(C(=O)Cc2cccc(C)c2)cc1.Cc1ccc(CC(=O)c2ccc(C)cc2)cc1.Cc1cccc(CC(=O)c2ccc(C#N)cc2)c1. The number of ether oxygens (including phenoxy) is 1. The first-order chi connectivity index (χ1) is 42.4. The molecule has 0 fully saturated rings. The molecule has 88 heavy (non-hydrogen) atoms. The normalized spacial score (nSPS) is 10.1. The van der Waals surface area contributed by atoms with Gasteiger partial charge in [-0.15, -0.1) is 0 Å². The summed E-state index contributed by atoms with van der Waals surface area (Å²) in [6, 6.07) is 79.7. The Morgan fingerprint density at radius 1 is 0.307 bits per heavy atom. The molecule has 10 rings (SSSR count). The zero-order chi connectivity index (χ0) is 63.4. The number of carbonyl (C=O) groups excluding carboxylic acids is 5. The number of carbonyl (C=O) groups is 5. The summed E-state index contributed by atoms with van der Waals surface area (Å²) < 4.78 is 5.07. The van der Waals surface area contributed by atoms with E-state index in [0.717, 1.165) is 67.8 Å². The molecule has 0 aromatic heterocycles. The number of hydrogen-bond donors (Lipinski definition) is 0. The molecule has 444 valence electrons. The lowest BCUT2D eigenvalue weighted by Crippen LogP contribution is -2.03. The van der Waals surface area contributed by atoms with Crippen LogP contribution in [-0.2, 0) is 38.5 Å². The van der Waals surface area contributed by atoms with E-state index < -0.39 is 0 Å². The van der Waals surface area contributed by atoms with Gasteiger partial charge in [-0.2, -0.15) is 5.26 Å². The van der Waals surface area contributed by atoms with Crippen molar-refractivity contribution >= 4 is 28.9 Å². The van der Waals surface area contributed by atoms with Crippen LogP contribution in [0.2, 0.25) is 0 Å². The number of ketones is 5. The lowest BCUT2D eigenvalue weighted by molar-refractivity contribution is 0.0984. The van der Waals surface area contributed by atoms with Crippen LogP contribution in [0.5, 0.6) is 5.75 Å². The first-order valence-corrected chi connectivity index (χ1v) is 29.7. The molecule has 0 bridgehead atoms. The van der Waals surface area contributed by atoms with Gasteiger partial charge >= 0.3 is 0 Å². The number of rotatable bonds is 17. The van der Waals surface area contributed by atoms with E-state index in [0.29, 0.717) is 43.2 Å². The number of Topliss-reactive ketones (excluding diaryl/α,β-unsaturated/α-hetero) is 5. The van der Waals surface area contributed by atoms with Gasteiger partial charge in [0.1, 0.15) is 5.75 Å². The monoisotopic (exact) mass is 1160 g/mol. The third-order valence-electron chi connectivity index (χ3n) is 14.5. The van der Waals surface area contributed by atoms with Crippen LogP contribution in [0.1, 0.15) is 137 Å². The van der Waals surface area contributed by atoms with Crippen LogP contribution in [0.3, 0.4) is 0 Å². The molecule has 7 heteroatoms. The van der Waals surface area contributed by atoms with Crippen LogP contribution in [0, 0.1) is 59.8 Å². The minimum atomic E-state index is 0.0742. The van der Waals surface area contributed by atoms with Crippen molar-refractivity contribution in [3.05, 3.63) is 348 Å². The molecule has 0 atom stereocenters. The molecule has 0 aliphatic heterocycles. The van der Waals surface area contributed by atoms with Crippen LogP contribution in [0.15, 0.2) is 243 Å². The van der Waals surface area contributed by atoms with E-state index in [9.17, 15) is 24.0 Å². The van der Waals surface area contributed by atoms with Crippen LogP contribution >= 0.6 is 0 Å². The van der Waals surface area contributed by atoms with Crippen molar-refractivity contribution in [2.24, 2.45) is 0 Å². The van der Waals surface area contributed by atoms with Gasteiger partial charge < -0.3 is 4.74 Å². The highest BCUT2D eigenvalue weighted by atomic mass is 16.5. The minimum Gasteiger partial charge on any atom is -0.497 e. The van der Waals surface area contributed by atoms with E-state index in [-0.39, 0.29) is 28.9 Å². The molecule has 10 aromatic carbocycles. The number of hydrogen-bond acceptors (Lipinski definition) is 7. The molecule has 0 saturated carbocycles. The zero-order valence-electron chi connectivity index (χ0n) is 52.2. The van der Waals surface area contributed by atoms with Crippen molar-refractivity contribution in [1.29, 1.82) is 5.26 Å². The summed E-state index contributed by atoms with van der Waals surface area (Å²) in [5.74, 6) is 1.50. The fraction of sp³-hybridized carbons (Fsp3) is 0.185. The van der Waals surface area contributed by atoms with Gasteiger partial charge in [0.2, 0.25) is 0 Å². The number of benzene rings is 10. The quantitative estimate of drug-likeness (QED) is 0.0833.